The molecule has 0 spiro atoms. The lowest BCUT2D eigenvalue weighted by atomic mass is 10.1. The molecule has 0 fully saturated rings. The molecule has 49 heavy (non-hydrogen) atoms. The summed E-state index contributed by atoms with van der Waals surface area (Å²) >= 11 is 13.7. The summed E-state index contributed by atoms with van der Waals surface area (Å²) < 4.78 is 10.8. The van der Waals surface area contributed by atoms with E-state index in [1.54, 1.807) is 98.1 Å². The molecule has 0 radical (unpaired) electrons. The number of ether oxygens (including phenoxy) is 2. The van der Waals surface area contributed by atoms with E-state index in [1.165, 1.54) is 24.9 Å². The zero-order valence-electron chi connectivity index (χ0n) is 26.4. The Bertz CT molecular complexity index is 1970. The van der Waals surface area contributed by atoms with Crippen molar-refractivity contribution in [2.24, 2.45) is 0 Å². The monoisotopic (exact) mass is 711 g/mol. The maximum absolute atomic E-state index is 13.6. The highest BCUT2D eigenvalue weighted by molar-refractivity contribution is 8.00. The molecule has 0 heterocycles. The molecule has 0 aliphatic heterocycles. The van der Waals surface area contributed by atoms with Crippen LogP contribution in [0.3, 0.4) is 0 Å². The minimum atomic E-state index is -0.615. The number of methoxy groups -OCH3 is 2. The summed E-state index contributed by atoms with van der Waals surface area (Å²) in [5.74, 6) is -0.242. The SMILES string of the molecule is COc1ccc(/C=C(\NC(=O)c2ccccc2)C(=O)Nc2ccc(SC(C(=O)Nc3ccc(Cl)cc3Cl)c3ccccc3)cc2)c(OC)c1. The molecule has 3 N–H and O–H groups in total. The molecular weight excluding hydrogens is 681 g/mol. The van der Waals surface area contributed by atoms with Crippen LogP contribution in [0.5, 0.6) is 11.5 Å². The van der Waals surface area contributed by atoms with E-state index in [0.717, 1.165) is 10.5 Å². The Hall–Kier alpha value is -5.22. The quantitative estimate of drug-likeness (QED) is 0.0882. The second-order valence-electron chi connectivity index (χ2n) is 10.5. The van der Waals surface area contributed by atoms with Crippen LogP contribution >= 0.6 is 35.0 Å². The van der Waals surface area contributed by atoms with Crippen molar-refractivity contribution in [2.45, 2.75) is 10.1 Å². The van der Waals surface area contributed by atoms with Crippen LogP contribution in [0.4, 0.5) is 11.4 Å². The number of thioether (sulfide) groups is 1. The number of anilines is 2. The molecule has 5 aromatic rings. The van der Waals surface area contributed by atoms with Gasteiger partial charge in [0.05, 0.1) is 24.9 Å². The summed E-state index contributed by atoms with van der Waals surface area (Å²) in [6.45, 7) is 0. The van der Waals surface area contributed by atoms with Gasteiger partial charge in [-0.05, 0) is 78.4 Å². The molecule has 1 atom stereocenters. The van der Waals surface area contributed by atoms with E-state index in [0.29, 0.717) is 44.0 Å². The van der Waals surface area contributed by atoms with E-state index in [-0.39, 0.29) is 11.6 Å². The van der Waals surface area contributed by atoms with E-state index >= 15 is 0 Å². The number of hydrogen-bond donors (Lipinski definition) is 3. The van der Waals surface area contributed by atoms with Crippen LogP contribution in [-0.4, -0.2) is 31.9 Å². The highest BCUT2D eigenvalue weighted by Gasteiger charge is 2.23. The molecule has 11 heteroatoms. The third kappa shape index (κ3) is 9.45. The Balaban J connectivity index is 1.36. The van der Waals surface area contributed by atoms with Crippen molar-refractivity contribution >= 4 is 70.1 Å². The number of carbonyl (C=O) groups is 3. The molecule has 5 aromatic carbocycles. The molecule has 0 saturated carbocycles. The summed E-state index contributed by atoms with van der Waals surface area (Å²) in [5.41, 5.74) is 2.66. The summed E-state index contributed by atoms with van der Waals surface area (Å²) in [6, 6.07) is 35.0. The second-order valence-corrected chi connectivity index (χ2v) is 12.5. The van der Waals surface area contributed by atoms with Crippen molar-refractivity contribution in [2.75, 3.05) is 24.9 Å². The lowest BCUT2D eigenvalue weighted by molar-refractivity contribution is -0.116. The van der Waals surface area contributed by atoms with Gasteiger partial charge in [0.25, 0.3) is 11.8 Å². The molecule has 8 nitrogen and oxygen atoms in total. The predicted octanol–water partition coefficient (Wildman–Crippen LogP) is 8.89. The number of halogens is 2. The van der Waals surface area contributed by atoms with Gasteiger partial charge in [0.15, 0.2) is 0 Å². The molecule has 1 unspecified atom stereocenters. The Morgan fingerprint density at radius 3 is 2.10 bits per heavy atom. The maximum atomic E-state index is 13.6. The number of benzene rings is 5. The van der Waals surface area contributed by atoms with E-state index in [2.05, 4.69) is 16.0 Å². The largest absolute Gasteiger partial charge is 0.497 e. The molecule has 3 amide bonds. The van der Waals surface area contributed by atoms with E-state index in [4.69, 9.17) is 32.7 Å². The third-order valence-corrected chi connectivity index (χ3v) is 8.98. The first-order valence-corrected chi connectivity index (χ1v) is 16.6. The van der Waals surface area contributed by atoms with Crippen LogP contribution in [-0.2, 0) is 9.59 Å². The highest BCUT2D eigenvalue weighted by Crippen LogP contribution is 2.37. The van der Waals surface area contributed by atoms with Crippen LogP contribution in [0, 0.1) is 0 Å². The number of rotatable bonds is 12. The molecule has 0 saturated heterocycles. The predicted molar refractivity (Wildman–Crippen MR) is 197 cm³/mol. The average Bonchev–Trinajstić information content (AvgIpc) is 3.12. The van der Waals surface area contributed by atoms with Gasteiger partial charge >= 0.3 is 0 Å². The van der Waals surface area contributed by atoms with Crippen LogP contribution in [0.15, 0.2) is 132 Å². The average molecular weight is 713 g/mol. The van der Waals surface area contributed by atoms with E-state index in [9.17, 15) is 14.4 Å². The van der Waals surface area contributed by atoms with Crippen molar-refractivity contribution in [3.63, 3.8) is 0 Å². The Morgan fingerprint density at radius 2 is 1.45 bits per heavy atom. The second kappa shape index (κ2) is 16.7. The maximum Gasteiger partial charge on any atom is 0.272 e. The number of hydrogen-bond acceptors (Lipinski definition) is 6. The molecule has 0 bridgehead atoms. The Kier molecular flexibility index (Phi) is 12.0. The first-order chi connectivity index (χ1) is 23.7. The standard InChI is InChI=1S/C38H31Cl2N3O5S/c1-47-29-17-13-26(34(23-29)48-2)21-33(43-36(44)25-11-7-4-8-12-25)37(45)41-28-15-18-30(19-16-28)49-35(24-9-5-3-6-10-24)38(46)42-32-20-14-27(39)22-31(32)40/h3-23,35H,1-2H3,(H,41,45)(H,42,46)(H,43,44)/b33-21-. The first-order valence-electron chi connectivity index (χ1n) is 14.9. The van der Waals surface area contributed by atoms with Crippen LogP contribution < -0.4 is 25.4 Å². The van der Waals surface area contributed by atoms with E-state index < -0.39 is 17.1 Å². The van der Waals surface area contributed by atoms with Crippen molar-refractivity contribution in [3.05, 3.63) is 154 Å². The fourth-order valence-electron chi connectivity index (χ4n) is 4.68. The Morgan fingerprint density at radius 1 is 0.755 bits per heavy atom. The minimum Gasteiger partial charge on any atom is -0.497 e. The first kappa shape index (κ1) is 35.1. The molecule has 0 aliphatic carbocycles. The fourth-order valence-corrected chi connectivity index (χ4v) is 6.16. The van der Waals surface area contributed by atoms with Crippen molar-refractivity contribution in [3.8, 4) is 11.5 Å². The molecule has 248 valence electrons. The highest BCUT2D eigenvalue weighted by atomic mass is 35.5. The van der Waals surface area contributed by atoms with Gasteiger partial charge in [-0.2, -0.15) is 0 Å². The van der Waals surface area contributed by atoms with Gasteiger partial charge in [-0.3, -0.25) is 14.4 Å². The lowest BCUT2D eigenvalue weighted by Gasteiger charge is -2.18. The van der Waals surface area contributed by atoms with Gasteiger partial charge < -0.3 is 25.4 Å². The van der Waals surface area contributed by atoms with Gasteiger partial charge in [0, 0.05) is 32.8 Å². The summed E-state index contributed by atoms with van der Waals surface area (Å²) in [5, 5.41) is 8.67. The van der Waals surface area contributed by atoms with Gasteiger partial charge in [0.2, 0.25) is 5.91 Å². The number of amides is 3. The third-order valence-electron chi connectivity index (χ3n) is 7.16. The molecule has 0 aromatic heterocycles. The van der Waals surface area contributed by atoms with Gasteiger partial charge in [-0.25, -0.2) is 0 Å². The lowest BCUT2D eigenvalue weighted by Crippen LogP contribution is -2.30. The summed E-state index contributed by atoms with van der Waals surface area (Å²) in [4.78, 5) is 41.0. The minimum absolute atomic E-state index is 0.00237. The van der Waals surface area contributed by atoms with Crippen LogP contribution in [0.2, 0.25) is 10.0 Å². The molecule has 5 rings (SSSR count). The zero-order chi connectivity index (χ0) is 34.8. The van der Waals surface area contributed by atoms with Gasteiger partial charge in [-0.1, -0.05) is 71.7 Å². The topological polar surface area (TPSA) is 106 Å². The smallest absolute Gasteiger partial charge is 0.272 e. The fraction of sp³-hybridized carbons (Fsp3) is 0.0789. The van der Waals surface area contributed by atoms with Crippen LogP contribution in [0.1, 0.15) is 26.7 Å². The molecular formula is C38H31Cl2N3O5S. The van der Waals surface area contributed by atoms with Gasteiger partial charge in [-0.15, -0.1) is 11.8 Å². The van der Waals surface area contributed by atoms with Crippen molar-refractivity contribution < 1.29 is 23.9 Å². The normalized spacial score (nSPS) is 11.6. The summed E-state index contributed by atoms with van der Waals surface area (Å²) in [7, 11) is 3.05. The molecule has 0 aliphatic rings. The number of nitrogens with one attached hydrogen (secondary N) is 3. The Labute approximate surface area is 298 Å². The summed E-state index contributed by atoms with van der Waals surface area (Å²) in [6.07, 6.45) is 1.54. The number of carbonyl (C=O) groups excluding carboxylic acids is 3. The van der Waals surface area contributed by atoms with Crippen molar-refractivity contribution in [1.29, 1.82) is 0 Å². The zero-order valence-corrected chi connectivity index (χ0v) is 28.7. The van der Waals surface area contributed by atoms with Crippen molar-refractivity contribution in [1.82, 2.24) is 5.32 Å². The van der Waals surface area contributed by atoms with Gasteiger partial charge in [0.1, 0.15) is 22.4 Å². The van der Waals surface area contributed by atoms with Crippen LogP contribution in [0.25, 0.3) is 6.08 Å². The van der Waals surface area contributed by atoms with E-state index in [1.807, 2.05) is 30.3 Å².